The minimum Gasteiger partial charge on any atom is -0.388 e. The van der Waals surface area contributed by atoms with Crippen molar-refractivity contribution in [3.63, 3.8) is 0 Å². The summed E-state index contributed by atoms with van der Waals surface area (Å²) in [5, 5.41) is 10.7. The second kappa shape index (κ2) is 7.06. The lowest BCUT2D eigenvalue weighted by Crippen LogP contribution is -2.05. The van der Waals surface area contributed by atoms with Crippen LogP contribution >= 0.6 is 11.6 Å². The molecule has 0 aliphatic carbocycles. The average Bonchev–Trinajstić information content (AvgIpc) is 2.50. The fourth-order valence-electron chi connectivity index (χ4n) is 2.57. The van der Waals surface area contributed by atoms with Crippen LogP contribution in [0.3, 0.4) is 0 Å². The van der Waals surface area contributed by atoms with Crippen LogP contribution in [0.4, 0.5) is 4.39 Å². The SMILES string of the molecule is CCc1ccc(C(O)Cc2c(F)cccc2Cl)cc1CC. The highest BCUT2D eigenvalue weighted by atomic mass is 35.5. The molecule has 21 heavy (non-hydrogen) atoms. The predicted molar refractivity (Wildman–Crippen MR) is 85.3 cm³/mol. The first kappa shape index (κ1) is 16.0. The third kappa shape index (κ3) is 3.63. The van der Waals surface area contributed by atoms with Crippen molar-refractivity contribution in [3.8, 4) is 0 Å². The van der Waals surface area contributed by atoms with E-state index in [4.69, 9.17) is 11.6 Å². The molecular formula is C18H20ClFO. The van der Waals surface area contributed by atoms with Gasteiger partial charge >= 0.3 is 0 Å². The van der Waals surface area contributed by atoms with Gasteiger partial charge in [0.15, 0.2) is 0 Å². The molecule has 0 bridgehead atoms. The Labute approximate surface area is 130 Å². The Morgan fingerprint density at radius 2 is 1.81 bits per heavy atom. The summed E-state index contributed by atoms with van der Waals surface area (Å²) in [6.45, 7) is 4.21. The van der Waals surface area contributed by atoms with Gasteiger partial charge in [0.2, 0.25) is 0 Å². The maximum absolute atomic E-state index is 13.8. The lowest BCUT2D eigenvalue weighted by Gasteiger charge is -2.15. The molecule has 0 spiro atoms. The Morgan fingerprint density at radius 3 is 2.43 bits per heavy atom. The number of benzene rings is 2. The van der Waals surface area contributed by atoms with Crippen molar-refractivity contribution in [1.29, 1.82) is 0 Å². The highest BCUT2D eigenvalue weighted by Gasteiger charge is 2.15. The van der Waals surface area contributed by atoms with Gasteiger partial charge in [0, 0.05) is 17.0 Å². The van der Waals surface area contributed by atoms with Crippen molar-refractivity contribution < 1.29 is 9.50 Å². The maximum atomic E-state index is 13.8. The van der Waals surface area contributed by atoms with Crippen LogP contribution in [0, 0.1) is 5.82 Å². The molecule has 3 heteroatoms. The molecule has 1 unspecified atom stereocenters. The molecule has 2 aromatic rings. The van der Waals surface area contributed by atoms with Gasteiger partial charge in [-0.05, 0) is 41.7 Å². The summed E-state index contributed by atoms with van der Waals surface area (Å²) in [5.41, 5.74) is 3.69. The van der Waals surface area contributed by atoms with E-state index in [-0.39, 0.29) is 12.2 Å². The zero-order valence-corrected chi connectivity index (χ0v) is 13.1. The molecule has 0 aromatic heterocycles. The van der Waals surface area contributed by atoms with Crippen molar-refractivity contribution in [1.82, 2.24) is 0 Å². The zero-order valence-electron chi connectivity index (χ0n) is 12.4. The Hall–Kier alpha value is -1.38. The first-order valence-corrected chi connectivity index (χ1v) is 7.67. The molecule has 0 amide bonds. The molecule has 0 radical (unpaired) electrons. The smallest absolute Gasteiger partial charge is 0.127 e. The molecule has 0 aliphatic rings. The number of rotatable bonds is 5. The largest absolute Gasteiger partial charge is 0.388 e. The van der Waals surface area contributed by atoms with Crippen LogP contribution < -0.4 is 0 Å². The third-order valence-corrected chi connectivity index (χ3v) is 4.19. The summed E-state index contributed by atoms with van der Waals surface area (Å²) < 4.78 is 13.8. The van der Waals surface area contributed by atoms with Crippen LogP contribution in [0.2, 0.25) is 5.02 Å². The van der Waals surface area contributed by atoms with Gasteiger partial charge in [-0.15, -0.1) is 0 Å². The quantitative estimate of drug-likeness (QED) is 0.834. The van der Waals surface area contributed by atoms with Gasteiger partial charge in [-0.25, -0.2) is 4.39 Å². The number of aliphatic hydroxyl groups excluding tert-OH is 1. The van der Waals surface area contributed by atoms with Crippen LogP contribution in [0.1, 0.15) is 42.2 Å². The molecule has 0 aliphatic heterocycles. The molecule has 1 N–H and O–H groups in total. The second-order valence-corrected chi connectivity index (χ2v) is 5.56. The Balaban J connectivity index is 2.26. The normalized spacial score (nSPS) is 12.4. The van der Waals surface area contributed by atoms with E-state index >= 15 is 0 Å². The van der Waals surface area contributed by atoms with Crippen LogP contribution in [0.5, 0.6) is 0 Å². The summed E-state index contributed by atoms with van der Waals surface area (Å²) in [6, 6.07) is 10.5. The van der Waals surface area contributed by atoms with Gasteiger partial charge < -0.3 is 5.11 Å². The maximum Gasteiger partial charge on any atom is 0.127 e. The average molecular weight is 307 g/mol. The van der Waals surface area contributed by atoms with Crippen molar-refractivity contribution in [2.24, 2.45) is 0 Å². The molecule has 0 saturated heterocycles. The van der Waals surface area contributed by atoms with Crippen LogP contribution in [-0.2, 0) is 19.3 Å². The Kier molecular flexibility index (Phi) is 5.38. The van der Waals surface area contributed by atoms with Crippen LogP contribution in [0.15, 0.2) is 36.4 Å². The van der Waals surface area contributed by atoms with E-state index in [9.17, 15) is 9.50 Å². The fraction of sp³-hybridized carbons (Fsp3) is 0.333. The Morgan fingerprint density at radius 1 is 1.10 bits per heavy atom. The number of aliphatic hydroxyl groups is 1. The van der Waals surface area contributed by atoms with Crippen molar-refractivity contribution in [3.05, 3.63) is 69.5 Å². The zero-order chi connectivity index (χ0) is 15.4. The lowest BCUT2D eigenvalue weighted by molar-refractivity contribution is 0.177. The summed E-state index contributed by atoms with van der Waals surface area (Å²) in [7, 11) is 0. The number of aryl methyl sites for hydroxylation is 2. The van der Waals surface area contributed by atoms with E-state index in [1.165, 1.54) is 17.2 Å². The van der Waals surface area contributed by atoms with E-state index in [1.54, 1.807) is 12.1 Å². The van der Waals surface area contributed by atoms with Crippen molar-refractivity contribution in [2.45, 2.75) is 39.2 Å². The van der Waals surface area contributed by atoms with E-state index < -0.39 is 6.10 Å². The minimum absolute atomic E-state index is 0.181. The van der Waals surface area contributed by atoms with Gasteiger partial charge in [-0.3, -0.25) is 0 Å². The van der Waals surface area contributed by atoms with Gasteiger partial charge in [-0.1, -0.05) is 49.7 Å². The molecule has 112 valence electrons. The summed E-state index contributed by atoms with van der Waals surface area (Å²) >= 11 is 6.02. The molecule has 0 heterocycles. The monoisotopic (exact) mass is 306 g/mol. The minimum atomic E-state index is -0.754. The lowest BCUT2D eigenvalue weighted by atomic mass is 9.95. The number of hydrogen-bond acceptors (Lipinski definition) is 1. The van der Waals surface area contributed by atoms with Crippen LogP contribution in [0.25, 0.3) is 0 Å². The highest BCUT2D eigenvalue weighted by Crippen LogP contribution is 2.27. The molecule has 2 aromatic carbocycles. The van der Waals surface area contributed by atoms with Gasteiger partial charge in [0.25, 0.3) is 0 Å². The second-order valence-electron chi connectivity index (χ2n) is 5.16. The van der Waals surface area contributed by atoms with E-state index in [1.807, 2.05) is 18.2 Å². The topological polar surface area (TPSA) is 20.2 Å². The molecule has 0 saturated carbocycles. The Bertz CT molecular complexity index is 604. The van der Waals surface area contributed by atoms with Gasteiger partial charge in [-0.2, -0.15) is 0 Å². The van der Waals surface area contributed by atoms with E-state index in [0.717, 1.165) is 18.4 Å². The van der Waals surface area contributed by atoms with E-state index in [0.29, 0.717) is 10.6 Å². The standard InChI is InChI=1S/C18H20ClFO/c1-3-12-8-9-14(10-13(12)4-2)18(21)11-15-16(19)6-5-7-17(15)20/h5-10,18,21H,3-4,11H2,1-2H3. The fourth-order valence-corrected chi connectivity index (χ4v) is 2.81. The molecule has 1 nitrogen and oxygen atoms in total. The van der Waals surface area contributed by atoms with Crippen molar-refractivity contribution in [2.75, 3.05) is 0 Å². The summed E-state index contributed by atoms with van der Waals surface area (Å²) in [4.78, 5) is 0. The summed E-state index contributed by atoms with van der Waals surface area (Å²) in [6.07, 6.45) is 1.32. The predicted octanol–water partition coefficient (Wildman–Crippen LogP) is 4.88. The highest BCUT2D eigenvalue weighted by molar-refractivity contribution is 6.31. The summed E-state index contributed by atoms with van der Waals surface area (Å²) in [5.74, 6) is -0.373. The molecule has 1 atom stereocenters. The van der Waals surface area contributed by atoms with Gasteiger partial charge in [0.05, 0.1) is 6.10 Å². The van der Waals surface area contributed by atoms with E-state index in [2.05, 4.69) is 13.8 Å². The molecule has 2 rings (SSSR count). The number of hydrogen-bond donors (Lipinski definition) is 1. The first-order chi connectivity index (χ1) is 10.1. The molecular weight excluding hydrogens is 287 g/mol. The third-order valence-electron chi connectivity index (χ3n) is 3.84. The van der Waals surface area contributed by atoms with Crippen LogP contribution in [-0.4, -0.2) is 5.11 Å². The first-order valence-electron chi connectivity index (χ1n) is 7.29. The molecule has 0 fully saturated rings. The van der Waals surface area contributed by atoms with Gasteiger partial charge in [0.1, 0.15) is 5.82 Å². The number of halogens is 2. The van der Waals surface area contributed by atoms with Crippen molar-refractivity contribution >= 4 is 11.6 Å².